The number of aliphatic hydroxyl groups is 1. The predicted octanol–water partition coefficient (Wildman–Crippen LogP) is -4.24. The molecule has 0 radical (unpaired) electrons. The molecule has 0 saturated carbocycles. The van der Waals surface area contributed by atoms with Gasteiger partial charge in [-0.3, -0.25) is 19.4 Å². The third-order valence-electron chi connectivity index (χ3n) is 3.73. The Morgan fingerprint density at radius 2 is 1.40 bits per heavy atom. The van der Waals surface area contributed by atoms with Crippen molar-refractivity contribution in [2.45, 2.75) is 37.0 Å². The molecule has 0 aromatic heterocycles. The number of carboxylic acids is 1. The number of hydrogen-bond acceptors (Lipinski definition) is 9. The number of nitrogens with zero attached hydrogens (tertiary/aromatic N) is 1. The van der Waals surface area contributed by atoms with Crippen LogP contribution in [0.5, 0.6) is 0 Å². The van der Waals surface area contributed by atoms with Gasteiger partial charge in [0.25, 0.3) is 0 Å². The highest BCUT2D eigenvalue weighted by molar-refractivity contribution is 7.80. The first kappa shape index (κ1) is 27.8. The van der Waals surface area contributed by atoms with E-state index in [0.29, 0.717) is 6.42 Å². The second-order valence-electron chi connectivity index (χ2n) is 6.12. The molecule has 0 aliphatic heterocycles. The van der Waals surface area contributed by atoms with Gasteiger partial charge in [-0.2, -0.15) is 25.3 Å². The van der Waals surface area contributed by atoms with E-state index in [1.807, 2.05) is 0 Å². The van der Waals surface area contributed by atoms with Gasteiger partial charge in [0.05, 0.1) is 12.6 Å². The number of rotatable bonds is 14. The highest BCUT2D eigenvalue weighted by Crippen LogP contribution is 1.98. The summed E-state index contributed by atoms with van der Waals surface area (Å²) in [6.45, 7) is -0.483. The molecule has 0 fully saturated rings. The highest BCUT2D eigenvalue weighted by atomic mass is 32.1. The van der Waals surface area contributed by atoms with E-state index in [0.717, 1.165) is 0 Å². The van der Waals surface area contributed by atoms with E-state index in [9.17, 15) is 24.3 Å². The standard InChI is InChI=1S/C15H29N7O6S2/c16-7(2-1-3-19-15(17)18)11(24)20-8(4-23)12(25)21-9(5-29)13(26)22-10(6-30)14(27)28/h7-10,23,29-30H,1-6,16H2,(H,20,24)(H,21,25)(H,22,26)(H,27,28)(H4,17,18,19). The smallest absolute Gasteiger partial charge is 0.327 e. The van der Waals surface area contributed by atoms with Crippen LogP contribution in [0.25, 0.3) is 0 Å². The van der Waals surface area contributed by atoms with Gasteiger partial charge >= 0.3 is 5.97 Å². The number of aliphatic hydroxyl groups excluding tert-OH is 1. The van der Waals surface area contributed by atoms with E-state index < -0.39 is 54.5 Å². The Balaban J connectivity index is 4.79. The van der Waals surface area contributed by atoms with E-state index in [1.54, 1.807) is 0 Å². The van der Waals surface area contributed by atoms with Gasteiger partial charge in [-0.1, -0.05) is 0 Å². The number of nitrogens with two attached hydrogens (primary N) is 3. The molecule has 0 heterocycles. The van der Waals surface area contributed by atoms with Gasteiger partial charge < -0.3 is 43.4 Å². The summed E-state index contributed by atoms with van der Waals surface area (Å²) >= 11 is 7.78. The van der Waals surface area contributed by atoms with Crippen molar-refractivity contribution < 1.29 is 29.4 Å². The van der Waals surface area contributed by atoms with E-state index in [2.05, 4.69) is 46.2 Å². The van der Waals surface area contributed by atoms with Crippen LogP contribution >= 0.6 is 25.3 Å². The first-order valence-electron chi connectivity index (χ1n) is 8.84. The van der Waals surface area contributed by atoms with E-state index in [-0.39, 0.29) is 30.4 Å². The van der Waals surface area contributed by atoms with Crippen molar-refractivity contribution in [2.75, 3.05) is 24.7 Å². The van der Waals surface area contributed by atoms with Crippen LogP contribution in [0.1, 0.15) is 12.8 Å². The third-order valence-corrected chi connectivity index (χ3v) is 4.46. The maximum Gasteiger partial charge on any atom is 0.327 e. The van der Waals surface area contributed by atoms with Crippen molar-refractivity contribution in [3.05, 3.63) is 0 Å². The van der Waals surface area contributed by atoms with E-state index in [4.69, 9.17) is 22.3 Å². The van der Waals surface area contributed by atoms with Crippen LogP contribution in [0.4, 0.5) is 0 Å². The number of hydrogen-bond donors (Lipinski definition) is 10. The number of carbonyl (C=O) groups is 4. The lowest BCUT2D eigenvalue weighted by Gasteiger charge is -2.23. The Labute approximate surface area is 184 Å². The molecule has 0 aliphatic rings. The predicted molar refractivity (Wildman–Crippen MR) is 116 cm³/mol. The van der Waals surface area contributed by atoms with Crippen LogP contribution in [0, 0.1) is 0 Å². The molecular weight excluding hydrogens is 438 g/mol. The number of aliphatic imine (C=N–C) groups is 1. The second-order valence-corrected chi connectivity index (χ2v) is 6.86. The Morgan fingerprint density at radius 3 is 1.87 bits per heavy atom. The molecule has 4 unspecified atom stereocenters. The van der Waals surface area contributed by atoms with E-state index >= 15 is 0 Å². The molecule has 0 aromatic rings. The summed E-state index contributed by atoms with van der Waals surface area (Å²) in [6.07, 6.45) is 0.643. The summed E-state index contributed by atoms with van der Waals surface area (Å²) in [4.78, 5) is 51.3. The molecule has 4 atom stereocenters. The maximum atomic E-state index is 12.3. The monoisotopic (exact) mass is 467 g/mol. The number of nitrogens with one attached hydrogen (secondary N) is 3. The van der Waals surface area contributed by atoms with Gasteiger partial charge in [-0.25, -0.2) is 4.79 Å². The number of aliphatic carboxylic acids is 1. The molecule has 0 aromatic carbocycles. The van der Waals surface area contributed by atoms with Gasteiger partial charge in [-0.05, 0) is 12.8 Å². The molecule has 30 heavy (non-hydrogen) atoms. The second kappa shape index (κ2) is 14.7. The zero-order chi connectivity index (χ0) is 23.3. The lowest BCUT2D eigenvalue weighted by Crippen LogP contribution is -2.58. The summed E-state index contributed by atoms with van der Waals surface area (Å²) in [5.74, 6) is -4.07. The van der Waals surface area contributed by atoms with Crippen molar-refractivity contribution in [3.63, 3.8) is 0 Å². The minimum atomic E-state index is -1.38. The molecule has 0 rings (SSSR count). The van der Waals surface area contributed by atoms with Gasteiger partial charge in [0.1, 0.15) is 18.1 Å². The number of carboxylic acid groups (broad SMARTS) is 1. The van der Waals surface area contributed by atoms with Gasteiger partial charge in [0.15, 0.2) is 5.96 Å². The molecule has 0 saturated heterocycles. The summed E-state index contributed by atoms with van der Waals surface area (Å²) in [5, 5.41) is 25.1. The summed E-state index contributed by atoms with van der Waals surface area (Å²) in [7, 11) is 0. The Hall–Kier alpha value is -2.23. The zero-order valence-electron chi connectivity index (χ0n) is 16.2. The normalized spacial score (nSPS) is 14.5. The number of amides is 3. The average molecular weight is 468 g/mol. The first-order chi connectivity index (χ1) is 14.1. The molecule has 13 nitrogen and oxygen atoms in total. The Bertz CT molecular complexity index is 633. The maximum absolute atomic E-state index is 12.3. The van der Waals surface area contributed by atoms with Crippen molar-refractivity contribution in [2.24, 2.45) is 22.2 Å². The van der Waals surface area contributed by atoms with Crippen LogP contribution in [0.2, 0.25) is 0 Å². The van der Waals surface area contributed by atoms with Gasteiger partial charge in [0, 0.05) is 18.1 Å². The summed E-state index contributed by atoms with van der Waals surface area (Å²) in [5.41, 5.74) is 16.1. The SMILES string of the molecule is NC(N)=NCCCC(N)C(=O)NC(CO)C(=O)NC(CS)C(=O)NC(CS)C(=O)O. The Morgan fingerprint density at radius 1 is 0.900 bits per heavy atom. The minimum absolute atomic E-state index is 0.0862. The van der Waals surface area contributed by atoms with Gasteiger partial charge in [0.2, 0.25) is 17.7 Å². The van der Waals surface area contributed by atoms with Crippen LogP contribution in [-0.2, 0) is 19.2 Å². The molecule has 0 spiro atoms. The molecule has 15 heteroatoms. The lowest BCUT2D eigenvalue weighted by atomic mass is 10.1. The molecular formula is C15H29N7O6S2. The first-order valence-corrected chi connectivity index (χ1v) is 10.1. The molecule has 0 bridgehead atoms. The van der Waals surface area contributed by atoms with Crippen molar-refractivity contribution >= 4 is 54.9 Å². The number of carbonyl (C=O) groups excluding carboxylic acids is 3. The zero-order valence-corrected chi connectivity index (χ0v) is 17.9. The van der Waals surface area contributed by atoms with Crippen LogP contribution in [0.3, 0.4) is 0 Å². The highest BCUT2D eigenvalue weighted by Gasteiger charge is 2.29. The minimum Gasteiger partial charge on any atom is -0.480 e. The summed E-state index contributed by atoms with van der Waals surface area (Å²) < 4.78 is 0. The fourth-order valence-electron chi connectivity index (χ4n) is 2.05. The van der Waals surface area contributed by atoms with Crippen molar-refractivity contribution in [3.8, 4) is 0 Å². The summed E-state index contributed by atoms with van der Waals surface area (Å²) in [6, 6.07) is -4.82. The van der Waals surface area contributed by atoms with Crippen LogP contribution in [-0.4, -0.2) is 88.7 Å². The quantitative estimate of drug-likeness (QED) is 0.0514. The fraction of sp³-hybridized carbons (Fsp3) is 0.667. The largest absolute Gasteiger partial charge is 0.480 e. The van der Waals surface area contributed by atoms with E-state index in [1.165, 1.54) is 0 Å². The average Bonchev–Trinajstić information content (AvgIpc) is 2.70. The van der Waals surface area contributed by atoms with Crippen LogP contribution in [0.15, 0.2) is 4.99 Å². The third kappa shape index (κ3) is 10.5. The van der Waals surface area contributed by atoms with Crippen molar-refractivity contribution in [1.82, 2.24) is 16.0 Å². The molecule has 11 N–H and O–H groups in total. The Kier molecular flexibility index (Phi) is 13.6. The fourth-order valence-corrected chi connectivity index (χ4v) is 2.55. The molecule has 172 valence electrons. The molecule has 3 amide bonds. The lowest BCUT2D eigenvalue weighted by molar-refractivity contribution is -0.141. The van der Waals surface area contributed by atoms with Gasteiger partial charge in [-0.15, -0.1) is 0 Å². The molecule has 0 aliphatic carbocycles. The number of thiol groups is 2. The number of guanidine groups is 1. The van der Waals surface area contributed by atoms with Crippen LogP contribution < -0.4 is 33.2 Å². The topological polar surface area (TPSA) is 235 Å². The van der Waals surface area contributed by atoms with Crippen molar-refractivity contribution in [1.29, 1.82) is 0 Å².